The Balaban J connectivity index is 1.71. The zero-order chi connectivity index (χ0) is 18.1. The van der Waals surface area contributed by atoms with E-state index in [1.54, 1.807) is 6.20 Å². The smallest absolute Gasteiger partial charge is 0.258 e. The minimum Gasteiger partial charge on any atom is -0.360 e. The van der Waals surface area contributed by atoms with E-state index in [0.29, 0.717) is 12.1 Å². The van der Waals surface area contributed by atoms with Gasteiger partial charge in [0.2, 0.25) is 0 Å². The second-order valence-corrected chi connectivity index (χ2v) is 6.78. The lowest BCUT2D eigenvalue weighted by atomic mass is 10.1. The number of fused-ring (bicyclic) bond motifs is 1. The Labute approximate surface area is 153 Å². The molecule has 1 aliphatic rings. The average molecular weight is 343 g/mol. The summed E-state index contributed by atoms with van der Waals surface area (Å²) in [5.74, 6) is 0.0128. The number of aryl methyl sites for hydroxylation is 2. The van der Waals surface area contributed by atoms with Crippen molar-refractivity contribution in [2.24, 2.45) is 0 Å². The molecule has 1 N–H and O–H groups in total. The molecule has 4 nitrogen and oxygen atoms in total. The Morgan fingerprint density at radius 1 is 1.00 bits per heavy atom. The number of pyridine rings is 1. The van der Waals surface area contributed by atoms with Crippen molar-refractivity contribution in [3.8, 4) is 0 Å². The third kappa shape index (κ3) is 3.06. The highest BCUT2D eigenvalue weighted by molar-refractivity contribution is 5.98. The minimum atomic E-state index is -0.278. The van der Waals surface area contributed by atoms with Crippen molar-refractivity contribution in [3.05, 3.63) is 94.8 Å². The molecule has 1 aliphatic heterocycles. The molecule has 1 amide bonds. The average Bonchev–Trinajstić information content (AvgIpc) is 2.88. The predicted octanol–water partition coefficient (Wildman–Crippen LogP) is 4.47. The summed E-state index contributed by atoms with van der Waals surface area (Å²) in [6.45, 7) is 4.69. The van der Waals surface area contributed by atoms with Crippen LogP contribution in [0.25, 0.3) is 0 Å². The summed E-state index contributed by atoms with van der Waals surface area (Å²) in [6.07, 6.45) is 1.47. The standard InChI is InChI=1S/C22H21N3O/c1-15-11-16(2)13-18(12-15)24-21-20-19(9-6-10-23-20)22(26)25(21)14-17-7-4-3-5-8-17/h3-13,21,24H,14H2,1-2H3. The van der Waals surface area contributed by atoms with Crippen LogP contribution in [-0.2, 0) is 6.54 Å². The molecule has 0 fully saturated rings. The molecule has 0 saturated heterocycles. The van der Waals surface area contributed by atoms with Crippen LogP contribution in [0, 0.1) is 13.8 Å². The fourth-order valence-electron chi connectivity index (χ4n) is 3.54. The van der Waals surface area contributed by atoms with Gasteiger partial charge in [-0.15, -0.1) is 0 Å². The van der Waals surface area contributed by atoms with Gasteiger partial charge in [-0.25, -0.2) is 0 Å². The number of hydrogen-bond acceptors (Lipinski definition) is 3. The number of aromatic nitrogens is 1. The van der Waals surface area contributed by atoms with Crippen molar-refractivity contribution in [1.82, 2.24) is 9.88 Å². The molecule has 0 radical (unpaired) electrons. The van der Waals surface area contributed by atoms with Crippen LogP contribution >= 0.6 is 0 Å². The number of rotatable bonds is 4. The van der Waals surface area contributed by atoms with Gasteiger partial charge < -0.3 is 10.2 Å². The van der Waals surface area contributed by atoms with Crippen LogP contribution in [0.4, 0.5) is 5.69 Å². The number of carbonyl (C=O) groups is 1. The van der Waals surface area contributed by atoms with E-state index in [1.807, 2.05) is 47.4 Å². The van der Waals surface area contributed by atoms with E-state index >= 15 is 0 Å². The predicted molar refractivity (Wildman–Crippen MR) is 103 cm³/mol. The van der Waals surface area contributed by atoms with Crippen molar-refractivity contribution in [2.75, 3.05) is 5.32 Å². The third-order valence-corrected chi connectivity index (χ3v) is 4.62. The first-order valence-electron chi connectivity index (χ1n) is 8.76. The maximum Gasteiger partial charge on any atom is 0.258 e. The summed E-state index contributed by atoms with van der Waals surface area (Å²) < 4.78 is 0. The van der Waals surface area contributed by atoms with E-state index in [1.165, 1.54) is 11.1 Å². The van der Waals surface area contributed by atoms with Gasteiger partial charge in [-0.1, -0.05) is 36.4 Å². The topological polar surface area (TPSA) is 45.2 Å². The molecule has 2 heterocycles. The SMILES string of the molecule is Cc1cc(C)cc(NC2c3ncccc3C(=O)N2Cc2ccccc2)c1. The molecule has 4 rings (SSSR count). The van der Waals surface area contributed by atoms with Crippen LogP contribution in [0.2, 0.25) is 0 Å². The molecule has 0 bridgehead atoms. The molecule has 26 heavy (non-hydrogen) atoms. The molecule has 0 spiro atoms. The van der Waals surface area contributed by atoms with Crippen LogP contribution in [0.3, 0.4) is 0 Å². The van der Waals surface area contributed by atoms with Gasteiger partial charge in [-0.05, 0) is 54.8 Å². The van der Waals surface area contributed by atoms with E-state index in [4.69, 9.17) is 0 Å². The Bertz CT molecular complexity index is 932. The molecule has 1 aromatic heterocycles. The van der Waals surface area contributed by atoms with E-state index in [9.17, 15) is 4.79 Å². The van der Waals surface area contributed by atoms with Gasteiger partial charge in [0.1, 0.15) is 6.17 Å². The first-order chi connectivity index (χ1) is 12.6. The van der Waals surface area contributed by atoms with E-state index in [2.05, 4.69) is 42.3 Å². The van der Waals surface area contributed by atoms with Gasteiger partial charge in [-0.2, -0.15) is 0 Å². The Morgan fingerprint density at radius 3 is 2.46 bits per heavy atom. The fourth-order valence-corrected chi connectivity index (χ4v) is 3.54. The van der Waals surface area contributed by atoms with Crippen LogP contribution in [-0.4, -0.2) is 15.8 Å². The summed E-state index contributed by atoms with van der Waals surface area (Å²) in [5.41, 5.74) is 5.93. The van der Waals surface area contributed by atoms with Crippen molar-refractivity contribution >= 4 is 11.6 Å². The molecule has 1 unspecified atom stereocenters. The highest BCUT2D eigenvalue weighted by Gasteiger charge is 2.37. The highest BCUT2D eigenvalue weighted by Crippen LogP contribution is 2.34. The largest absolute Gasteiger partial charge is 0.360 e. The lowest BCUT2D eigenvalue weighted by molar-refractivity contribution is 0.0728. The maximum absolute atomic E-state index is 13.0. The van der Waals surface area contributed by atoms with Crippen LogP contribution in [0.5, 0.6) is 0 Å². The van der Waals surface area contributed by atoms with Gasteiger partial charge in [0.25, 0.3) is 5.91 Å². The zero-order valence-electron chi connectivity index (χ0n) is 14.9. The van der Waals surface area contributed by atoms with E-state index in [0.717, 1.165) is 16.9 Å². The number of nitrogens with one attached hydrogen (secondary N) is 1. The van der Waals surface area contributed by atoms with E-state index < -0.39 is 0 Å². The van der Waals surface area contributed by atoms with Crippen LogP contribution in [0.1, 0.15) is 38.9 Å². The second kappa shape index (κ2) is 6.64. The molecule has 4 heteroatoms. The third-order valence-electron chi connectivity index (χ3n) is 4.62. The molecule has 2 aromatic carbocycles. The van der Waals surface area contributed by atoms with Gasteiger partial charge in [0.15, 0.2) is 0 Å². The van der Waals surface area contributed by atoms with Crippen molar-refractivity contribution in [1.29, 1.82) is 0 Å². The first kappa shape index (κ1) is 16.3. The van der Waals surface area contributed by atoms with Crippen LogP contribution < -0.4 is 5.32 Å². The lowest BCUT2D eigenvalue weighted by Crippen LogP contribution is -2.32. The summed E-state index contributed by atoms with van der Waals surface area (Å²) in [5, 5.41) is 3.52. The summed E-state index contributed by atoms with van der Waals surface area (Å²) in [6, 6.07) is 20.0. The number of anilines is 1. The molecule has 3 aromatic rings. The molecule has 0 saturated carbocycles. The summed E-state index contributed by atoms with van der Waals surface area (Å²) in [7, 11) is 0. The number of benzene rings is 2. The van der Waals surface area contributed by atoms with E-state index in [-0.39, 0.29) is 12.1 Å². The molecule has 0 aliphatic carbocycles. The maximum atomic E-state index is 13.0. The van der Waals surface area contributed by atoms with Gasteiger partial charge >= 0.3 is 0 Å². The molecular formula is C22H21N3O. The second-order valence-electron chi connectivity index (χ2n) is 6.78. The van der Waals surface area contributed by atoms with Crippen molar-refractivity contribution < 1.29 is 4.79 Å². The summed E-state index contributed by atoms with van der Waals surface area (Å²) >= 11 is 0. The first-order valence-corrected chi connectivity index (χ1v) is 8.76. The zero-order valence-corrected chi connectivity index (χ0v) is 14.9. The number of carbonyl (C=O) groups excluding carboxylic acids is 1. The normalized spacial score (nSPS) is 15.8. The fraction of sp³-hybridized carbons (Fsp3) is 0.182. The quantitative estimate of drug-likeness (QED) is 0.760. The molecular weight excluding hydrogens is 322 g/mol. The van der Waals surface area contributed by atoms with Gasteiger partial charge in [-0.3, -0.25) is 9.78 Å². The Morgan fingerprint density at radius 2 is 1.73 bits per heavy atom. The lowest BCUT2D eigenvalue weighted by Gasteiger charge is -2.27. The van der Waals surface area contributed by atoms with Gasteiger partial charge in [0, 0.05) is 18.4 Å². The minimum absolute atomic E-state index is 0.0128. The number of amides is 1. The van der Waals surface area contributed by atoms with Crippen molar-refractivity contribution in [3.63, 3.8) is 0 Å². The molecule has 1 atom stereocenters. The van der Waals surface area contributed by atoms with Crippen molar-refractivity contribution in [2.45, 2.75) is 26.6 Å². The monoisotopic (exact) mass is 343 g/mol. The Hall–Kier alpha value is -3.14. The number of hydrogen-bond donors (Lipinski definition) is 1. The Kier molecular flexibility index (Phi) is 4.17. The van der Waals surface area contributed by atoms with Gasteiger partial charge in [0.05, 0.1) is 11.3 Å². The summed E-state index contributed by atoms with van der Waals surface area (Å²) in [4.78, 5) is 19.3. The number of nitrogens with zero attached hydrogens (tertiary/aromatic N) is 2. The molecule has 130 valence electrons. The highest BCUT2D eigenvalue weighted by atomic mass is 16.2. The van der Waals surface area contributed by atoms with Crippen LogP contribution in [0.15, 0.2) is 66.9 Å².